The number of nitrogens with zero attached hydrogens (tertiary/aromatic N) is 1. The maximum absolute atomic E-state index is 15.2. The molecule has 3 aliphatic carbocycles. The molecule has 12 nitrogen and oxygen atoms in total. The summed E-state index contributed by atoms with van der Waals surface area (Å²) in [5.41, 5.74) is 0.612. The Morgan fingerprint density at radius 2 is 1.87 bits per heavy atom. The number of methoxy groups -OCH3 is 2. The molecule has 0 amide bonds. The van der Waals surface area contributed by atoms with Crippen LogP contribution in [0.4, 0.5) is 5.69 Å². The van der Waals surface area contributed by atoms with E-state index >= 15 is 4.79 Å². The molecule has 2 bridgehead atoms. The molecule has 1 spiro atoms. The van der Waals surface area contributed by atoms with Crippen LogP contribution in [0.5, 0.6) is 23.0 Å². The van der Waals surface area contributed by atoms with Gasteiger partial charge in [0.1, 0.15) is 11.9 Å². The molecule has 0 aromatic heterocycles. The molecule has 6 N–H and O–H groups in total. The molecule has 12 heteroatoms. The number of aliphatic hydroxyl groups is 1. The lowest BCUT2D eigenvalue weighted by atomic mass is 9.65. The van der Waals surface area contributed by atoms with E-state index in [1.165, 1.54) is 14.2 Å². The van der Waals surface area contributed by atoms with Crippen LogP contribution in [0.25, 0.3) is 0 Å². The van der Waals surface area contributed by atoms with Gasteiger partial charge in [0.2, 0.25) is 5.96 Å². The van der Waals surface area contributed by atoms with Gasteiger partial charge < -0.3 is 45.0 Å². The fraction of sp³-hybridized carbons (Fsp3) is 0.620. The molecule has 2 aromatic carbocycles. The number of aromatic hydroxyl groups is 2. The third-order valence-electron chi connectivity index (χ3n) is 14.8. The van der Waals surface area contributed by atoms with Gasteiger partial charge in [-0.1, -0.05) is 50.7 Å². The number of hydrogen-bond acceptors (Lipinski definition) is 10. The average molecular weight is 855 g/mol. The zero-order valence-electron chi connectivity index (χ0n) is 37.6. The van der Waals surface area contributed by atoms with Crippen molar-refractivity contribution in [2.24, 2.45) is 34.1 Å². The van der Waals surface area contributed by atoms with E-state index in [2.05, 4.69) is 45.9 Å². The van der Waals surface area contributed by atoms with Crippen molar-refractivity contribution < 1.29 is 39.1 Å². The Balaban J connectivity index is 1.49. The predicted molar refractivity (Wildman–Crippen MR) is 242 cm³/mol. The van der Waals surface area contributed by atoms with Gasteiger partial charge in [0.25, 0.3) is 0 Å². The van der Waals surface area contributed by atoms with E-state index in [0.29, 0.717) is 61.8 Å². The number of ketones is 1. The fourth-order valence-corrected chi connectivity index (χ4v) is 11.4. The SMILES string of the molecule is CCC(CC=O)CCC1C=CC(=O)C2(Cc3ccc(O)c(OC)c3)CCCC2CC#CNC(=NC)Nc2cc(cc(OC3(CNC)CCC(CC(O)OC)C3)c2O)C12CCCC2. The highest BCUT2D eigenvalue weighted by Crippen LogP contribution is 2.54. The number of ether oxygens (including phenoxy) is 3. The van der Waals surface area contributed by atoms with Gasteiger partial charge >= 0.3 is 0 Å². The monoisotopic (exact) mass is 855 g/mol. The van der Waals surface area contributed by atoms with Crippen LogP contribution < -0.4 is 25.4 Å². The molecular formula is C50H70N4O8. The van der Waals surface area contributed by atoms with E-state index in [1.807, 2.05) is 37.4 Å². The summed E-state index contributed by atoms with van der Waals surface area (Å²) in [7, 11) is 6.61. The number of phenolic OH excluding ortho intramolecular Hbond substituents is 2. The number of fused-ring (bicyclic) bond motifs is 4. The molecule has 338 valence electrons. The fourth-order valence-electron chi connectivity index (χ4n) is 11.4. The summed E-state index contributed by atoms with van der Waals surface area (Å²) in [5, 5.41) is 42.8. The smallest absolute Gasteiger partial charge is 0.207 e. The topological polar surface area (TPSA) is 171 Å². The van der Waals surface area contributed by atoms with Crippen LogP contribution in [0.15, 0.2) is 47.5 Å². The number of rotatable bonds is 16. The number of likely N-dealkylation sites (N-methyl/N-ethyl adjacent to an activating group) is 1. The number of anilines is 1. The third kappa shape index (κ3) is 10.4. The van der Waals surface area contributed by atoms with Crippen molar-refractivity contribution >= 4 is 23.7 Å². The highest BCUT2D eigenvalue weighted by molar-refractivity contribution is 5.97. The number of guanidine groups is 1. The molecule has 7 unspecified atom stereocenters. The first-order valence-electron chi connectivity index (χ1n) is 22.9. The number of allylic oxidation sites excluding steroid dienone is 2. The van der Waals surface area contributed by atoms with Gasteiger partial charge in [-0.25, -0.2) is 0 Å². The minimum absolute atomic E-state index is 0.0121. The summed E-state index contributed by atoms with van der Waals surface area (Å²) in [6, 6.07) is 12.5. The summed E-state index contributed by atoms with van der Waals surface area (Å²) in [5.74, 6) is 4.86. The standard InChI is InChI=1S/C50H70N4O8/c1-6-34(20-26-55)13-15-38-16-18-44(57)50(32-35-14-17-41(56)42(27-35)60-4)23-9-11-37(50)12-10-25-53-47(52-3)54-40-29-39(49(38)21-7-8-22-49)30-43(46(40)59)62-48(33-51-2)24-19-36(31-48)28-45(58)61-5/h14,16-18,26-27,29-30,34,36-38,45,51,56,58-59H,6-9,11-13,15,19-24,28,31-33H2,1-5H3,(H2,52,53,54). The summed E-state index contributed by atoms with van der Waals surface area (Å²) in [6.07, 6.45) is 17.2. The number of phenols is 2. The summed E-state index contributed by atoms with van der Waals surface area (Å²) >= 11 is 0. The largest absolute Gasteiger partial charge is 0.504 e. The van der Waals surface area contributed by atoms with Crippen molar-refractivity contribution in [1.29, 1.82) is 0 Å². The van der Waals surface area contributed by atoms with Gasteiger partial charge in [-0.3, -0.25) is 15.1 Å². The van der Waals surface area contributed by atoms with Crippen LogP contribution in [0.3, 0.4) is 0 Å². The number of nitrogens with one attached hydrogen (secondary N) is 3. The maximum Gasteiger partial charge on any atom is 0.207 e. The summed E-state index contributed by atoms with van der Waals surface area (Å²) < 4.78 is 17.7. The lowest BCUT2D eigenvalue weighted by Gasteiger charge is -2.39. The van der Waals surface area contributed by atoms with Gasteiger partial charge in [-0.2, -0.15) is 0 Å². The van der Waals surface area contributed by atoms with Gasteiger partial charge in [0, 0.05) is 56.8 Å². The van der Waals surface area contributed by atoms with Crippen molar-refractivity contribution in [3.05, 3.63) is 53.6 Å². The second kappa shape index (κ2) is 21.2. The van der Waals surface area contributed by atoms with E-state index in [4.69, 9.17) is 14.2 Å². The van der Waals surface area contributed by atoms with Crippen LogP contribution in [-0.4, -0.2) is 80.1 Å². The van der Waals surface area contributed by atoms with E-state index in [1.54, 1.807) is 13.1 Å². The number of benzene rings is 2. The van der Waals surface area contributed by atoms with Crippen molar-refractivity contribution in [3.8, 4) is 35.0 Å². The normalized spacial score (nSPS) is 27.5. The highest BCUT2D eigenvalue weighted by atomic mass is 16.6. The molecule has 3 saturated carbocycles. The minimum Gasteiger partial charge on any atom is -0.504 e. The molecular weight excluding hydrogens is 785 g/mol. The third-order valence-corrected chi connectivity index (χ3v) is 14.8. The predicted octanol–water partition coefficient (Wildman–Crippen LogP) is 7.93. The zero-order valence-corrected chi connectivity index (χ0v) is 37.6. The van der Waals surface area contributed by atoms with Crippen LogP contribution in [0.2, 0.25) is 0 Å². The van der Waals surface area contributed by atoms with E-state index in [-0.39, 0.29) is 41.0 Å². The quantitative estimate of drug-likeness (QED) is 0.0420. The molecule has 3 fully saturated rings. The Kier molecular flexibility index (Phi) is 16.0. The number of hydrogen-bond donors (Lipinski definition) is 6. The van der Waals surface area contributed by atoms with E-state index < -0.39 is 22.7 Å². The summed E-state index contributed by atoms with van der Waals surface area (Å²) in [4.78, 5) is 31.5. The van der Waals surface area contributed by atoms with Crippen molar-refractivity contribution in [1.82, 2.24) is 10.6 Å². The number of carbonyl (C=O) groups is 2. The Morgan fingerprint density at radius 3 is 2.58 bits per heavy atom. The van der Waals surface area contributed by atoms with E-state index in [9.17, 15) is 20.1 Å². The Labute approximate surface area is 368 Å². The first-order chi connectivity index (χ1) is 30.0. The maximum atomic E-state index is 15.2. The molecule has 0 radical (unpaired) electrons. The molecule has 1 heterocycles. The Hall–Kier alpha value is -4.57. The number of aliphatic hydroxyl groups excluding tert-OH is 1. The van der Waals surface area contributed by atoms with Gasteiger partial charge in [-0.15, -0.1) is 0 Å². The molecule has 0 saturated heterocycles. The van der Waals surface area contributed by atoms with Gasteiger partial charge in [0.05, 0.1) is 12.8 Å². The first kappa shape index (κ1) is 46.9. The molecule has 62 heavy (non-hydrogen) atoms. The number of carbonyl (C=O) groups excluding carboxylic acids is 2. The second-order valence-corrected chi connectivity index (χ2v) is 18.4. The van der Waals surface area contributed by atoms with Gasteiger partial charge in [0.15, 0.2) is 35.1 Å². The minimum atomic E-state index is -0.857. The molecule has 2 aromatic rings. The molecule has 1 aliphatic heterocycles. The molecule has 7 atom stereocenters. The molecule has 6 rings (SSSR count). The lowest BCUT2D eigenvalue weighted by molar-refractivity contribution is -0.125. The van der Waals surface area contributed by atoms with Crippen molar-refractivity contribution in [2.75, 3.05) is 40.2 Å². The van der Waals surface area contributed by atoms with Crippen LogP contribution in [0, 0.1) is 41.1 Å². The number of aliphatic imine (C=N–C) groups is 1. The summed E-state index contributed by atoms with van der Waals surface area (Å²) in [6.45, 7) is 2.68. The zero-order chi connectivity index (χ0) is 44.3. The Bertz CT molecular complexity index is 1980. The first-order valence-corrected chi connectivity index (χ1v) is 22.9. The highest BCUT2D eigenvalue weighted by Gasteiger charge is 2.49. The van der Waals surface area contributed by atoms with Gasteiger partial charge in [-0.05, 0) is 136 Å². The average Bonchev–Trinajstić information content (AvgIpc) is 4.03. The van der Waals surface area contributed by atoms with Crippen LogP contribution in [0.1, 0.15) is 121 Å². The van der Waals surface area contributed by atoms with Crippen molar-refractivity contribution in [2.45, 2.75) is 133 Å². The molecule has 4 aliphatic rings. The Morgan fingerprint density at radius 1 is 1.06 bits per heavy atom. The second-order valence-electron chi connectivity index (χ2n) is 18.4. The van der Waals surface area contributed by atoms with Crippen LogP contribution in [-0.2, 0) is 26.2 Å². The van der Waals surface area contributed by atoms with Crippen molar-refractivity contribution in [3.63, 3.8) is 0 Å². The van der Waals surface area contributed by atoms with E-state index in [0.717, 1.165) is 94.5 Å². The lowest BCUT2D eigenvalue weighted by Crippen LogP contribution is -2.43. The van der Waals surface area contributed by atoms with Crippen LogP contribution >= 0.6 is 0 Å². The number of aldehydes is 1.